The average molecular weight is 383 g/mol. The Hall–Kier alpha value is -2.35. The molecule has 0 aliphatic carbocycles. The summed E-state index contributed by atoms with van der Waals surface area (Å²) in [7, 11) is 0. The summed E-state index contributed by atoms with van der Waals surface area (Å²) in [6.07, 6.45) is 7.08. The number of nitrogens with one attached hydrogen (secondary N) is 3. The van der Waals surface area contributed by atoms with Crippen LogP contribution in [0.25, 0.3) is 0 Å². The highest BCUT2D eigenvalue weighted by molar-refractivity contribution is 5.94. The third-order valence-corrected chi connectivity index (χ3v) is 5.72. The highest BCUT2D eigenvalue weighted by Gasteiger charge is 2.31. The minimum Gasteiger partial charge on any atom is -0.352 e. The summed E-state index contributed by atoms with van der Waals surface area (Å²) in [5.41, 5.74) is 8.43. The van der Waals surface area contributed by atoms with Gasteiger partial charge in [-0.25, -0.2) is 15.2 Å². The zero-order valence-electron chi connectivity index (χ0n) is 15.8. The second-order valence-corrected chi connectivity index (χ2v) is 7.57. The Balaban J connectivity index is 1.21. The molecule has 1 aromatic heterocycles. The molecule has 28 heavy (non-hydrogen) atoms. The van der Waals surface area contributed by atoms with Crippen molar-refractivity contribution in [3.8, 4) is 0 Å². The molecular formula is C21H26FN5O. The van der Waals surface area contributed by atoms with E-state index in [0.717, 1.165) is 32.4 Å². The normalized spacial score (nSPS) is 23.6. The number of halogens is 1. The molecule has 2 fully saturated rings. The largest absolute Gasteiger partial charge is 0.352 e. The Kier molecular flexibility index (Phi) is 5.95. The molecule has 2 unspecified atom stereocenters. The second kappa shape index (κ2) is 8.77. The van der Waals surface area contributed by atoms with Crippen molar-refractivity contribution in [2.75, 3.05) is 19.6 Å². The van der Waals surface area contributed by atoms with Crippen LogP contribution in [0, 0.1) is 11.7 Å². The van der Waals surface area contributed by atoms with Gasteiger partial charge < -0.3 is 5.32 Å². The van der Waals surface area contributed by atoms with Crippen LogP contribution in [0.3, 0.4) is 0 Å². The number of carbonyl (C=O) groups excluding carboxylic acids is 1. The van der Waals surface area contributed by atoms with Gasteiger partial charge in [0.05, 0.1) is 6.17 Å². The van der Waals surface area contributed by atoms with Crippen LogP contribution in [0.5, 0.6) is 0 Å². The van der Waals surface area contributed by atoms with Gasteiger partial charge in [0.25, 0.3) is 5.91 Å². The molecule has 2 aromatic rings. The highest BCUT2D eigenvalue weighted by atomic mass is 19.1. The number of pyridine rings is 1. The maximum Gasteiger partial charge on any atom is 0.251 e. The predicted octanol–water partition coefficient (Wildman–Crippen LogP) is 2.23. The molecule has 2 aliphatic rings. The molecule has 1 amide bonds. The van der Waals surface area contributed by atoms with Gasteiger partial charge in [-0.15, -0.1) is 0 Å². The van der Waals surface area contributed by atoms with E-state index in [2.05, 4.69) is 38.2 Å². The molecule has 2 saturated heterocycles. The number of likely N-dealkylation sites (tertiary alicyclic amines) is 1. The molecule has 2 aliphatic heterocycles. The standard InChI is InChI=1S/C21H26FN5O/c22-18-3-1-2-17(12-18)21(28)24-14-15-6-10-27(11-7-15)20-13-19(25-26-20)16-4-8-23-9-5-16/h1-5,8-9,12,15,19-20,25-26H,6-7,10-11,13-14H2,(H,24,28). The van der Waals surface area contributed by atoms with Crippen molar-refractivity contribution >= 4 is 5.91 Å². The first-order valence-corrected chi connectivity index (χ1v) is 9.88. The SMILES string of the molecule is O=C(NCC1CCN(C2CC(c3ccncc3)NN2)CC1)c1cccc(F)c1. The lowest BCUT2D eigenvalue weighted by atomic mass is 9.95. The molecule has 2 atom stereocenters. The van der Waals surface area contributed by atoms with Crippen molar-refractivity contribution in [1.82, 2.24) is 26.1 Å². The van der Waals surface area contributed by atoms with Gasteiger partial charge in [-0.3, -0.25) is 14.7 Å². The predicted molar refractivity (Wildman–Crippen MR) is 105 cm³/mol. The van der Waals surface area contributed by atoms with E-state index in [4.69, 9.17) is 0 Å². The van der Waals surface area contributed by atoms with Crippen LogP contribution in [0.15, 0.2) is 48.8 Å². The average Bonchev–Trinajstić information content (AvgIpc) is 3.23. The molecule has 3 N–H and O–H groups in total. The number of nitrogens with zero attached hydrogens (tertiary/aromatic N) is 2. The van der Waals surface area contributed by atoms with Gasteiger partial charge in [-0.2, -0.15) is 0 Å². The smallest absolute Gasteiger partial charge is 0.251 e. The van der Waals surface area contributed by atoms with Crippen LogP contribution in [-0.2, 0) is 0 Å². The number of aromatic nitrogens is 1. The first kappa shape index (κ1) is 19.0. The van der Waals surface area contributed by atoms with Crippen LogP contribution in [0.1, 0.15) is 41.2 Å². The van der Waals surface area contributed by atoms with Crippen molar-refractivity contribution in [2.24, 2.45) is 5.92 Å². The van der Waals surface area contributed by atoms with Gasteiger partial charge in [0, 0.05) is 30.5 Å². The van der Waals surface area contributed by atoms with Crippen molar-refractivity contribution in [3.05, 3.63) is 65.7 Å². The Labute approximate surface area is 164 Å². The molecule has 0 saturated carbocycles. The van der Waals surface area contributed by atoms with Gasteiger partial charge >= 0.3 is 0 Å². The molecule has 1 aromatic carbocycles. The van der Waals surface area contributed by atoms with Crippen LogP contribution in [-0.4, -0.2) is 41.6 Å². The van der Waals surface area contributed by atoms with Gasteiger partial charge in [0.15, 0.2) is 0 Å². The molecular weight excluding hydrogens is 357 g/mol. The number of benzene rings is 1. The fraction of sp³-hybridized carbons (Fsp3) is 0.429. The molecule has 3 heterocycles. The lowest BCUT2D eigenvalue weighted by Crippen LogP contribution is -2.49. The zero-order chi connectivity index (χ0) is 19.3. The van der Waals surface area contributed by atoms with E-state index in [0.29, 0.717) is 30.2 Å². The van der Waals surface area contributed by atoms with E-state index in [1.165, 1.54) is 17.7 Å². The molecule has 7 heteroatoms. The van der Waals surface area contributed by atoms with Gasteiger partial charge in [-0.1, -0.05) is 6.07 Å². The van der Waals surface area contributed by atoms with Crippen LogP contribution >= 0.6 is 0 Å². The molecule has 4 rings (SSSR count). The number of hydrogen-bond donors (Lipinski definition) is 3. The number of hydrazine groups is 1. The molecule has 0 spiro atoms. The summed E-state index contributed by atoms with van der Waals surface area (Å²) in [6, 6.07) is 10.2. The minimum atomic E-state index is -0.385. The van der Waals surface area contributed by atoms with E-state index < -0.39 is 0 Å². The van der Waals surface area contributed by atoms with Gasteiger partial charge in [0.1, 0.15) is 5.82 Å². The number of rotatable bonds is 5. The molecule has 0 bridgehead atoms. The number of hydrogen-bond acceptors (Lipinski definition) is 5. The van der Waals surface area contributed by atoms with Crippen molar-refractivity contribution < 1.29 is 9.18 Å². The van der Waals surface area contributed by atoms with E-state index in [1.54, 1.807) is 12.1 Å². The minimum absolute atomic E-state index is 0.205. The topological polar surface area (TPSA) is 69.3 Å². The second-order valence-electron chi connectivity index (χ2n) is 7.57. The first-order chi connectivity index (χ1) is 13.7. The zero-order valence-corrected chi connectivity index (χ0v) is 15.8. The summed E-state index contributed by atoms with van der Waals surface area (Å²) in [5, 5.41) is 2.95. The number of piperidine rings is 1. The Bertz CT molecular complexity index is 794. The highest BCUT2D eigenvalue weighted by Crippen LogP contribution is 2.26. The quantitative estimate of drug-likeness (QED) is 0.739. The van der Waals surface area contributed by atoms with Crippen LogP contribution < -0.4 is 16.2 Å². The fourth-order valence-corrected chi connectivity index (χ4v) is 4.03. The van der Waals surface area contributed by atoms with E-state index in [1.807, 2.05) is 12.4 Å². The maximum atomic E-state index is 13.2. The monoisotopic (exact) mass is 383 g/mol. The molecule has 148 valence electrons. The van der Waals surface area contributed by atoms with E-state index in [-0.39, 0.29) is 11.7 Å². The number of carbonyl (C=O) groups is 1. The van der Waals surface area contributed by atoms with Crippen LogP contribution in [0.4, 0.5) is 4.39 Å². The van der Waals surface area contributed by atoms with E-state index in [9.17, 15) is 9.18 Å². The summed E-state index contributed by atoms with van der Waals surface area (Å²) >= 11 is 0. The summed E-state index contributed by atoms with van der Waals surface area (Å²) in [6.45, 7) is 2.64. The summed E-state index contributed by atoms with van der Waals surface area (Å²) in [5.74, 6) is -0.133. The molecule has 0 radical (unpaired) electrons. The van der Waals surface area contributed by atoms with Crippen molar-refractivity contribution in [3.63, 3.8) is 0 Å². The summed E-state index contributed by atoms with van der Waals surface area (Å²) in [4.78, 5) is 18.7. The Morgan fingerprint density at radius 1 is 1.18 bits per heavy atom. The molecule has 6 nitrogen and oxygen atoms in total. The lowest BCUT2D eigenvalue weighted by molar-refractivity contribution is 0.0914. The fourth-order valence-electron chi connectivity index (χ4n) is 4.03. The van der Waals surface area contributed by atoms with Crippen molar-refractivity contribution in [1.29, 1.82) is 0 Å². The van der Waals surface area contributed by atoms with E-state index >= 15 is 0 Å². The van der Waals surface area contributed by atoms with Crippen molar-refractivity contribution in [2.45, 2.75) is 31.5 Å². The first-order valence-electron chi connectivity index (χ1n) is 9.88. The Morgan fingerprint density at radius 2 is 1.96 bits per heavy atom. The van der Waals surface area contributed by atoms with Crippen LogP contribution in [0.2, 0.25) is 0 Å². The van der Waals surface area contributed by atoms with Gasteiger partial charge in [0.2, 0.25) is 0 Å². The summed E-state index contributed by atoms with van der Waals surface area (Å²) < 4.78 is 13.2. The maximum absolute atomic E-state index is 13.2. The number of amides is 1. The lowest BCUT2D eigenvalue weighted by Gasteiger charge is -2.35. The third kappa shape index (κ3) is 4.55. The van der Waals surface area contributed by atoms with Gasteiger partial charge in [-0.05, 0) is 74.2 Å². The Morgan fingerprint density at radius 3 is 2.71 bits per heavy atom. The third-order valence-electron chi connectivity index (χ3n) is 5.72.